The Balaban J connectivity index is 2.17. The first kappa shape index (κ1) is 17.6. The molecule has 2 aromatic carbocycles. The second-order valence-electron chi connectivity index (χ2n) is 5.40. The third-order valence-corrected chi connectivity index (χ3v) is 4.22. The van der Waals surface area contributed by atoms with E-state index in [1.165, 1.54) is 13.2 Å². The topological polar surface area (TPSA) is 47.6 Å². The van der Waals surface area contributed by atoms with Gasteiger partial charge in [-0.15, -0.1) is 0 Å². The van der Waals surface area contributed by atoms with Crippen LogP contribution in [0.25, 0.3) is 0 Å². The molecule has 3 rings (SSSR count). The van der Waals surface area contributed by atoms with Crippen LogP contribution in [0.1, 0.15) is 22.8 Å². The molecule has 0 unspecified atom stereocenters. The van der Waals surface area contributed by atoms with Gasteiger partial charge in [0.05, 0.1) is 17.7 Å². The van der Waals surface area contributed by atoms with E-state index in [-0.39, 0.29) is 22.9 Å². The molecule has 0 bridgehead atoms. The number of fused-ring (bicyclic) bond motifs is 1. The molecule has 1 aliphatic rings. The number of methoxy groups -OCH3 is 1. The summed E-state index contributed by atoms with van der Waals surface area (Å²) >= 11 is 6.30. The molecule has 132 valence electrons. The summed E-state index contributed by atoms with van der Waals surface area (Å²) in [5.41, 5.74) is 0.00308. The molecule has 0 radical (unpaired) electrons. The number of benzene rings is 2. The summed E-state index contributed by atoms with van der Waals surface area (Å²) in [6.07, 6.45) is -5.47. The monoisotopic (exact) mass is 371 g/mol. The summed E-state index contributed by atoms with van der Waals surface area (Å²) in [6.45, 7) is -0.311. The first-order valence-corrected chi connectivity index (χ1v) is 7.64. The normalized spacial score (nSPS) is 17.5. The molecule has 1 aliphatic heterocycles. The van der Waals surface area contributed by atoms with Gasteiger partial charge < -0.3 is 14.8 Å². The van der Waals surface area contributed by atoms with Gasteiger partial charge in [-0.1, -0.05) is 23.7 Å². The molecule has 8 heteroatoms. The maximum absolute atomic E-state index is 13.1. The molecule has 0 saturated heterocycles. The Labute approximate surface area is 146 Å². The van der Waals surface area contributed by atoms with Crippen molar-refractivity contribution < 1.29 is 27.4 Å². The van der Waals surface area contributed by atoms with Crippen molar-refractivity contribution in [2.75, 3.05) is 19.0 Å². The molecule has 0 spiro atoms. The van der Waals surface area contributed by atoms with E-state index in [4.69, 9.17) is 21.1 Å². The van der Waals surface area contributed by atoms with Crippen molar-refractivity contribution in [3.63, 3.8) is 0 Å². The number of hydrogen-bond donors (Lipinski definition) is 1. The van der Waals surface area contributed by atoms with Gasteiger partial charge in [0.25, 0.3) is 0 Å². The summed E-state index contributed by atoms with van der Waals surface area (Å²) < 4.78 is 50.0. The largest absolute Gasteiger partial charge is 0.495 e. The van der Waals surface area contributed by atoms with Crippen molar-refractivity contribution in [1.82, 2.24) is 0 Å². The highest BCUT2D eigenvalue weighted by Crippen LogP contribution is 2.42. The van der Waals surface area contributed by atoms with Crippen molar-refractivity contribution in [2.45, 2.75) is 12.3 Å². The lowest BCUT2D eigenvalue weighted by atomic mass is 9.97. The van der Waals surface area contributed by atoms with E-state index >= 15 is 0 Å². The van der Waals surface area contributed by atoms with Crippen LogP contribution in [0.4, 0.5) is 18.9 Å². The van der Waals surface area contributed by atoms with Crippen LogP contribution in [-0.2, 0) is 15.7 Å². The van der Waals surface area contributed by atoms with Gasteiger partial charge in [0.15, 0.2) is 0 Å². The van der Waals surface area contributed by atoms with E-state index < -0.39 is 23.8 Å². The lowest BCUT2D eigenvalue weighted by molar-refractivity contribution is -0.137. The summed E-state index contributed by atoms with van der Waals surface area (Å²) in [4.78, 5) is 11.8. The van der Waals surface area contributed by atoms with Crippen molar-refractivity contribution in [3.05, 3.63) is 58.1 Å². The number of anilines is 1. The number of nitrogens with one attached hydrogen (secondary N) is 1. The molecule has 1 atom stereocenters. The van der Waals surface area contributed by atoms with E-state index in [0.717, 1.165) is 12.1 Å². The van der Waals surface area contributed by atoms with Gasteiger partial charge in [0.1, 0.15) is 18.5 Å². The third-order valence-electron chi connectivity index (χ3n) is 3.81. The number of amides is 1. The molecule has 0 fully saturated rings. The van der Waals surface area contributed by atoms with Crippen molar-refractivity contribution in [1.29, 1.82) is 0 Å². The number of hydrogen-bond acceptors (Lipinski definition) is 3. The third kappa shape index (κ3) is 3.43. The van der Waals surface area contributed by atoms with Gasteiger partial charge in [-0.2, -0.15) is 13.2 Å². The SMILES string of the molecule is COc1cccc([C@H]2OCC(=O)Nc3ccc(C(F)(F)F)cc32)c1Cl. The summed E-state index contributed by atoms with van der Waals surface area (Å²) in [5.74, 6) is -0.0950. The molecule has 1 N–H and O–H groups in total. The van der Waals surface area contributed by atoms with E-state index in [1.807, 2.05) is 0 Å². The molecule has 4 nitrogen and oxygen atoms in total. The smallest absolute Gasteiger partial charge is 0.416 e. The quantitative estimate of drug-likeness (QED) is 0.849. The maximum atomic E-state index is 13.1. The van der Waals surface area contributed by atoms with Crippen LogP contribution in [0.15, 0.2) is 36.4 Å². The Morgan fingerprint density at radius 1 is 1.24 bits per heavy atom. The zero-order chi connectivity index (χ0) is 18.2. The Bertz CT molecular complexity index is 823. The highest BCUT2D eigenvalue weighted by Gasteiger charge is 2.34. The van der Waals surface area contributed by atoms with Crippen molar-refractivity contribution in [2.24, 2.45) is 0 Å². The van der Waals surface area contributed by atoms with Gasteiger partial charge in [0, 0.05) is 16.8 Å². The van der Waals surface area contributed by atoms with Crippen LogP contribution in [0.5, 0.6) is 5.75 Å². The fourth-order valence-electron chi connectivity index (χ4n) is 2.65. The second kappa shape index (κ2) is 6.57. The van der Waals surface area contributed by atoms with Gasteiger partial charge in [0.2, 0.25) is 5.91 Å². The number of carbonyl (C=O) groups is 1. The molecule has 25 heavy (non-hydrogen) atoms. The van der Waals surface area contributed by atoms with Crippen LogP contribution < -0.4 is 10.1 Å². The predicted molar refractivity (Wildman–Crippen MR) is 85.9 cm³/mol. The molecule has 1 amide bonds. The predicted octanol–water partition coefficient (Wildman–Crippen LogP) is 4.43. The lowest BCUT2D eigenvalue weighted by Crippen LogP contribution is -2.15. The minimum Gasteiger partial charge on any atom is -0.495 e. The van der Waals surface area contributed by atoms with Gasteiger partial charge in [-0.3, -0.25) is 4.79 Å². The van der Waals surface area contributed by atoms with Gasteiger partial charge in [-0.05, 0) is 24.3 Å². The van der Waals surface area contributed by atoms with Crippen LogP contribution >= 0.6 is 11.6 Å². The van der Waals surface area contributed by atoms with Crippen LogP contribution in [0, 0.1) is 0 Å². The van der Waals surface area contributed by atoms with Crippen LogP contribution in [0.2, 0.25) is 5.02 Å². The van der Waals surface area contributed by atoms with E-state index in [9.17, 15) is 18.0 Å². The molecule has 2 aromatic rings. The molecule has 0 aliphatic carbocycles. The summed E-state index contributed by atoms with van der Waals surface area (Å²) in [5, 5.41) is 2.76. The fourth-order valence-corrected chi connectivity index (χ4v) is 2.95. The number of ether oxygens (including phenoxy) is 2. The van der Waals surface area contributed by atoms with Gasteiger partial charge in [-0.25, -0.2) is 0 Å². The van der Waals surface area contributed by atoms with E-state index in [0.29, 0.717) is 11.3 Å². The zero-order valence-electron chi connectivity index (χ0n) is 13.0. The number of rotatable bonds is 2. The minimum absolute atomic E-state index is 0.177. The second-order valence-corrected chi connectivity index (χ2v) is 5.78. The number of alkyl halides is 3. The zero-order valence-corrected chi connectivity index (χ0v) is 13.7. The highest BCUT2D eigenvalue weighted by atomic mass is 35.5. The summed E-state index contributed by atoms with van der Waals surface area (Å²) in [6, 6.07) is 7.98. The lowest BCUT2D eigenvalue weighted by Gasteiger charge is -2.21. The molecular formula is C17H13ClF3NO3. The Kier molecular flexibility index (Phi) is 4.62. The van der Waals surface area contributed by atoms with Crippen LogP contribution in [0.3, 0.4) is 0 Å². The average molecular weight is 372 g/mol. The maximum Gasteiger partial charge on any atom is 0.416 e. The van der Waals surface area contributed by atoms with Crippen molar-refractivity contribution in [3.8, 4) is 5.75 Å². The van der Waals surface area contributed by atoms with E-state index in [2.05, 4.69) is 5.32 Å². The molecule has 0 saturated carbocycles. The van der Waals surface area contributed by atoms with Gasteiger partial charge >= 0.3 is 6.18 Å². The number of halogens is 4. The van der Waals surface area contributed by atoms with Crippen molar-refractivity contribution >= 4 is 23.2 Å². The van der Waals surface area contributed by atoms with Crippen LogP contribution in [-0.4, -0.2) is 19.6 Å². The Hall–Kier alpha value is -2.25. The highest BCUT2D eigenvalue weighted by molar-refractivity contribution is 6.33. The average Bonchev–Trinajstić information content (AvgIpc) is 2.72. The summed E-state index contributed by atoms with van der Waals surface area (Å²) in [7, 11) is 1.43. The Morgan fingerprint density at radius 3 is 2.68 bits per heavy atom. The first-order chi connectivity index (χ1) is 11.8. The number of carbonyl (C=O) groups excluding carboxylic acids is 1. The van der Waals surface area contributed by atoms with E-state index in [1.54, 1.807) is 18.2 Å². The first-order valence-electron chi connectivity index (χ1n) is 7.26. The minimum atomic E-state index is -4.52. The molecular weight excluding hydrogens is 359 g/mol. The Morgan fingerprint density at radius 2 is 2.00 bits per heavy atom. The molecule has 1 heterocycles. The molecule has 0 aromatic heterocycles. The fraction of sp³-hybridized carbons (Fsp3) is 0.235. The standard InChI is InChI=1S/C17H13ClF3NO3/c1-24-13-4-2-3-10(15(13)18)16-11-7-9(17(19,20)21)5-6-12(11)22-14(23)8-25-16/h2-7,16H,8H2,1H3,(H,22,23)/t16-/m1/s1.